The third-order valence-electron chi connectivity index (χ3n) is 3.64. The van der Waals surface area contributed by atoms with Crippen molar-refractivity contribution in [3.63, 3.8) is 0 Å². The number of aromatic nitrogens is 2. The van der Waals surface area contributed by atoms with Gasteiger partial charge in [0.1, 0.15) is 5.54 Å². The molecule has 6 heteroatoms. The lowest BCUT2D eigenvalue weighted by atomic mass is 9.88. The fourth-order valence-electron chi connectivity index (χ4n) is 2.33. The van der Waals surface area contributed by atoms with Gasteiger partial charge in [0.2, 0.25) is 11.8 Å². The molecule has 6 nitrogen and oxygen atoms in total. The molecule has 1 aromatic heterocycles. The number of rotatable bonds is 4. The van der Waals surface area contributed by atoms with Gasteiger partial charge in [-0.05, 0) is 32.7 Å². The van der Waals surface area contributed by atoms with E-state index in [0.29, 0.717) is 31.2 Å². The summed E-state index contributed by atoms with van der Waals surface area (Å²) in [5, 5.41) is 17.2. The van der Waals surface area contributed by atoms with Gasteiger partial charge in [0.25, 0.3) is 0 Å². The fraction of sp³-hybridized carbons (Fsp3) is 0.750. The normalized spacial score (nSPS) is 25.2. The molecule has 0 aromatic carbocycles. The number of carboxylic acids is 1. The van der Waals surface area contributed by atoms with Crippen LogP contribution in [0.1, 0.15) is 44.9 Å². The van der Waals surface area contributed by atoms with Crippen LogP contribution in [-0.2, 0) is 17.8 Å². The number of hydrogen-bond acceptors (Lipinski definition) is 5. The summed E-state index contributed by atoms with van der Waals surface area (Å²) in [7, 11) is 0. The van der Waals surface area contributed by atoms with E-state index in [-0.39, 0.29) is 0 Å². The summed E-state index contributed by atoms with van der Waals surface area (Å²) in [5.74, 6) is 0.317. The van der Waals surface area contributed by atoms with Crippen molar-refractivity contribution in [3.8, 4) is 0 Å². The number of likely N-dealkylation sites (tertiary alicyclic amines) is 1. The number of aryl methyl sites for hydroxylation is 1. The number of aliphatic carboxylic acids is 1. The number of carboxylic acid groups (broad SMARTS) is 1. The molecule has 18 heavy (non-hydrogen) atoms. The van der Waals surface area contributed by atoms with Gasteiger partial charge < -0.3 is 9.52 Å². The van der Waals surface area contributed by atoms with Crippen molar-refractivity contribution >= 4 is 5.97 Å². The van der Waals surface area contributed by atoms with E-state index in [1.807, 2.05) is 11.8 Å². The highest BCUT2D eigenvalue weighted by Gasteiger charge is 2.41. The quantitative estimate of drug-likeness (QED) is 0.875. The lowest BCUT2D eigenvalue weighted by Crippen LogP contribution is -2.54. The molecule has 1 aromatic rings. The molecular formula is C12H19N3O3. The van der Waals surface area contributed by atoms with Gasteiger partial charge in [-0.3, -0.25) is 9.69 Å². The molecule has 100 valence electrons. The Morgan fingerprint density at radius 2 is 2.17 bits per heavy atom. The summed E-state index contributed by atoms with van der Waals surface area (Å²) in [6.45, 7) is 4.88. The summed E-state index contributed by atoms with van der Waals surface area (Å²) in [5.41, 5.74) is -0.820. The SMILES string of the molecule is CCc1nnc(CN2CCCCC2(C)C(=O)O)o1. The Balaban J connectivity index is 2.12. The van der Waals surface area contributed by atoms with Crippen LogP contribution in [0.5, 0.6) is 0 Å². The van der Waals surface area contributed by atoms with Crippen LogP contribution in [0.4, 0.5) is 0 Å². The first kappa shape index (κ1) is 13.0. The van der Waals surface area contributed by atoms with Crippen molar-refractivity contribution in [1.82, 2.24) is 15.1 Å². The zero-order valence-corrected chi connectivity index (χ0v) is 10.8. The zero-order valence-electron chi connectivity index (χ0n) is 10.8. The molecule has 1 saturated heterocycles. The molecule has 1 atom stereocenters. The Morgan fingerprint density at radius 1 is 1.44 bits per heavy atom. The third kappa shape index (κ3) is 2.38. The maximum atomic E-state index is 11.4. The lowest BCUT2D eigenvalue weighted by Gasteiger charge is -2.40. The monoisotopic (exact) mass is 253 g/mol. The molecule has 2 rings (SSSR count). The largest absolute Gasteiger partial charge is 0.480 e. The Bertz CT molecular complexity index is 432. The molecular weight excluding hydrogens is 234 g/mol. The zero-order chi connectivity index (χ0) is 13.2. The average molecular weight is 253 g/mol. The van der Waals surface area contributed by atoms with Gasteiger partial charge in [-0.25, -0.2) is 0 Å². The van der Waals surface area contributed by atoms with Crippen molar-refractivity contribution in [1.29, 1.82) is 0 Å². The van der Waals surface area contributed by atoms with E-state index in [0.717, 1.165) is 19.4 Å². The molecule has 1 N–H and O–H groups in total. The molecule has 1 fully saturated rings. The molecule has 0 spiro atoms. The molecule has 1 aliphatic heterocycles. The minimum atomic E-state index is -0.820. The maximum absolute atomic E-state index is 11.4. The van der Waals surface area contributed by atoms with Crippen LogP contribution in [0.25, 0.3) is 0 Å². The summed E-state index contributed by atoms with van der Waals surface area (Å²) in [6.07, 6.45) is 3.32. The Morgan fingerprint density at radius 3 is 2.78 bits per heavy atom. The smallest absolute Gasteiger partial charge is 0.323 e. The lowest BCUT2D eigenvalue weighted by molar-refractivity contribution is -0.153. The molecule has 1 aliphatic rings. The standard InChI is InChI=1S/C12H19N3O3/c1-3-9-13-14-10(18-9)8-15-7-5-4-6-12(15,2)11(16)17/h3-8H2,1-2H3,(H,16,17). The second-order valence-electron chi connectivity index (χ2n) is 4.90. The van der Waals surface area contributed by atoms with Gasteiger partial charge in [0.05, 0.1) is 6.54 Å². The first-order valence-electron chi connectivity index (χ1n) is 6.36. The Labute approximate surface area is 106 Å². The van der Waals surface area contributed by atoms with Crippen LogP contribution in [0.2, 0.25) is 0 Å². The van der Waals surface area contributed by atoms with Gasteiger partial charge in [0.15, 0.2) is 0 Å². The predicted molar refractivity (Wildman–Crippen MR) is 64.0 cm³/mol. The van der Waals surface area contributed by atoms with E-state index in [9.17, 15) is 9.90 Å². The van der Waals surface area contributed by atoms with Crippen LogP contribution < -0.4 is 0 Å². The van der Waals surface area contributed by atoms with Gasteiger partial charge in [-0.2, -0.15) is 0 Å². The average Bonchev–Trinajstić information content (AvgIpc) is 2.80. The first-order chi connectivity index (χ1) is 8.56. The van der Waals surface area contributed by atoms with E-state index < -0.39 is 11.5 Å². The first-order valence-corrected chi connectivity index (χ1v) is 6.36. The number of hydrogen-bond donors (Lipinski definition) is 1. The molecule has 0 radical (unpaired) electrons. The fourth-order valence-corrected chi connectivity index (χ4v) is 2.33. The summed E-state index contributed by atoms with van der Waals surface area (Å²) < 4.78 is 5.45. The maximum Gasteiger partial charge on any atom is 0.323 e. The second-order valence-corrected chi connectivity index (χ2v) is 4.90. The molecule has 0 amide bonds. The number of carbonyl (C=O) groups is 1. The highest BCUT2D eigenvalue weighted by Crippen LogP contribution is 2.29. The summed E-state index contributed by atoms with van der Waals surface area (Å²) in [4.78, 5) is 13.4. The van der Waals surface area contributed by atoms with Crippen molar-refractivity contribution < 1.29 is 14.3 Å². The minimum Gasteiger partial charge on any atom is -0.480 e. The van der Waals surface area contributed by atoms with Crippen LogP contribution in [0, 0.1) is 0 Å². The highest BCUT2D eigenvalue weighted by molar-refractivity contribution is 5.78. The predicted octanol–water partition coefficient (Wildman–Crippen LogP) is 1.46. The van der Waals surface area contributed by atoms with Crippen LogP contribution in [-0.4, -0.2) is 38.3 Å². The van der Waals surface area contributed by atoms with Crippen molar-refractivity contribution in [3.05, 3.63) is 11.8 Å². The molecule has 1 unspecified atom stereocenters. The Kier molecular flexibility index (Phi) is 3.65. The van der Waals surface area contributed by atoms with Crippen molar-refractivity contribution in [2.45, 2.75) is 51.6 Å². The summed E-state index contributed by atoms with van der Waals surface area (Å²) >= 11 is 0. The highest BCUT2D eigenvalue weighted by atomic mass is 16.4. The summed E-state index contributed by atoms with van der Waals surface area (Å²) in [6, 6.07) is 0. The second kappa shape index (κ2) is 5.06. The third-order valence-corrected chi connectivity index (χ3v) is 3.64. The van der Waals surface area contributed by atoms with Crippen molar-refractivity contribution in [2.75, 3.05) is 6.54 Å². The minimum absolute atomic E-state index is 0.413. The molecule has 0 saturated carbocycles. The van der Waals surface area contributed by atoms with E-state index >= 15 is 0 Å². The van der Waals surface area contributed by atoms with Gasteiger partial charge in [-0.15, -0.1) is 10.2 Å². The molecule has 0 bridgehead atoms. The van der Waals surface area contributed by atoms with E-state index in [1.54, 1.807) is 6.92 Å². The van der Waals surface area contributed by atoms with E-state index in [2.05, 4.69) is 10.2 Å². The van der Waals surface area contributed by atoms with Gasteiger partial charge >= 0.3 is 5.97 Å². The Hall–Kier alpha value is -1.43. The van der Waals surface area contributed by atoms with Gasteiger partial charge in [-0.1, -0.05) is 6.92 Å². The van der Waals surface area contributed by atoms with Crippen LogP contribution in [0.3, 0.4) is 0 Å². The molecule has 2 heterocycles. The molecule has 0 aliphatic carbocycles. The van der Waals surface area contributed by atoms with E-state index in [4.69, 9.17) is 4.42 Å². The number of piperidine rings is 1. The number of nitrogens with zero attached hydrogens (tertiary/aromatic N) is 3. The topological polar surface area (TPSA) is 79.5 Å². The van der Waals surface area contributed by atoms with E-state index in [1.165, 1.54) is 0 Å². The van der Waals surface area contributed by atoms with Gasteiger partial charge in [0, 0.05) is 6.42 Å². The van der Waals surface area contributed by atoms with Crippen LogP contribution in [0.15, 0.2) is 4.42 Å². The van der Waals surface area contributed by atoms with Crippen LogP contribution >= 0.6 is 0 Å². The van der Waals surface area contributed by atoms with Crippen molar-refractivity contribution in [2.24, 2.45) is 0 Å².